The predicted molar refractivity (Wildman–Crippen MR) is 76.6 cm³/mol. The Morgan fingerprint density at radius 1 is 1.50 bits per heavy atom. The summed E-state index contributed by atoms with van der Waals surface area (Å²) in [5.41, 5.74) is 0. The quantitative estimate of drug-likeness (QED) is 0.831. The average Bonchev–Trinajstić information content (AvgIpc) is 2.81. The first-order chi connectivity index (χ1) is 8.70. The molecule has 1 N–H and O–H groups in total. The topological polar surface area (TPSA) is 37.4 Å². The lowest BCUT2D eigenvalue weighted by atomic mass is 10.0. The minimum absolute atomic E-state index is 0.588. The molecule has 0 bridgehead atoms. The van der Waals surface area contributed by atoms with Crippen LogP contribution in [0.25, 0.3) is 0 Å². The number of thiazole rings is 1. The molecule has 1 aliphatic carbocycles. The minimum Gasteiger partial charge on any atom is -0.480 e. The second kappa shape index (κ2) is 6.20. The third-order valence-electron chi connectivity index (χ3n) is 3.05. The fourth-order valence-corrected chi connectivity index (χ4v) is 2.91. The number of anilines is 1. The van der Waals surface area contributed by atoms with E-state index in [9.17, 15) is 0 Å². The van der Waals surface area contributed by atoms with E-state index < -0.39 is 0 Å². The van der Waals surface area contributed by atoms with E-state index >= 15 is 0 Å². The Hall–Kier alpha value is -1.07. The lowest BCUT2D eigenvalue weighted by Gasteiger charge is -2.18. The molecule has 1 atom stereocenters. The molecule has 0 saturated heterocycles. The van der Waals surface area contributed by atoms with E-state index in [4.69, 9.17) is 4.74 Å². The van der Waals surface area contributed by atoms with Crippen LogP contribution in [0.5, 0.6) is 5.88 Å². The Bertz CT molecular complexity index is 414. The van der Waals surface area contributed by atoms with Crippen LogP contribution < -0.4 is 15.0 Å². The van der Waals surface area contributed by atoms with Crippen molar-refractivity contribution in [2.45, 2.75) is 31.8 Å². The molecule has 1 aromatic heterocycles. The number of nitrogens with one attached hydrogen (secondary N) is 1. The molecule has 18 heavy (non-hydrogen) atoms. The molecule has 2 rings (SSSR count). The second-order valence-electron chi connectivity index (χ2n) is 4.69. The molecule has 0 aromatic carbocycles. The van der Waals surface area contributed by atoms with Crippen LogP contribution in [-0.2, 0) is 6.54 Å². The first-order valence-corrected chi connectivity index (χ1v) is 7.11. The molecule has 1 aromatic rings. The number of ether oxygens (including phenoxy) is 1. The summed E-state index contributed by atoms with van der Waals surface area (Å²) in [5, 5.41) is 4.58. The van der Waals surface area contributed by atoms with Crippen LogP contribution in [0.4, 0.5) is 5.13 Å². The van der Waals surface area contributed by atoms with Gasteiger partial charge >= 0.3 is 0 Å². The second-order valence-corrected chi connectivity index (χ2v) is 5.75. The zero-order valence-corrected chi connectivity index (χ0v) is 12.1. The maximum atomic E-state index is 5.33. The van der Waals surface area contributed by atoms with E-state index in [1.165, 1.54) is 17.7 Å². The normalized spacial score (nSPS) is 18.9. The molecule has 4 nitrogen and oxygen atoms in total. The van der Waals surface area contributed by atoms with Gasteiger partial charge in [-0.3, -0.25) is 0 Å². The Kier molecular flexibility index (Phi) is 4.60. The Morgan fingerprint density at radius 2 is 2.33 bits per heavy atom. The number of methoxy groups -OCH3 is 1. The smallest absolute Gasteiger partial charge is 0.230 e. The van der Waals surface area contributed by atoms with Gasteiger partial charge in [-0.15, -0.1) is 0 Å². The van der Waals surface area contributed by atoms with Crippen molar-refractivity contribution in [3.8, 4) is 5.88 Å². The van der Waals surface area contributed by atoms with Gasteiger partial charge in [-0.1, -0.05) is 23.5 Å². The monoisotopic (exact) mass is 267 g/mol. The summed E-state index contributed by atoms with van der Waals surface area (Å²) >= 11 is 1.69. The van der Waals surface area contributed by atoms with Gasteiger partial charge in [0.25, 0.3) is 0 Å². The maximum absolute atomic E-state index is 5.33. The summed E-state index contributed by atoms with van der Waals surface area (Å²) in [6.07, 6.45) is 8.05. The number of rotatable bonds is 5. The van der Waals surface area contributed by atoms with Crippen LogP contribution >= 0.6 is 11.3 Å². The molecule has 1 heterocycles. The highest BCUT2D eigenvalue weighted by Crippen LogP contribution is 2.30. The number of hydrogen-bond donors (Lipinski definition) is 1. The molecule has 0 spiro atoms. The summed E-state index contributed by atoms with van der Waals surface area (Å²) in [7, 11) is 5.68. The van der Waals surface area contributed by atoms with Crippen LogP contribution in [0, 0.1) is 0 Å². The standard InChI is InChI=1S/C13H21N3OS/c1-16(2)13-15-12(17-3)11(18-13)9-14-10-7-5-4-6-8-10/h4-5,10,14H,6-9H2,1-3H3. The van der Waals surface area contributed by atoms with E-state index in [0.717, 1.165) is 24.0 Å². The Labute approximate surface area is 113 Å². The number of aromatic nitrogens is 1. The summed E-state index contributed by atoms with van der Waals surface area (Å²) in [6.45, 7) is 0.840. The SMILES string of the molecule is COc1nc(N(C)C)sc1CNC1CC=CCC1. The van der Waals surface area contributed by atoms with Gasteiger partial charge in [0.15, 0.2) is 5.13 Å². The van der Waals surface area contributed by atoms with Gasteiger partial charge in [0.1, 0.15) is 0 Å². The van der Waals surface area contributed by atoms with Gasteiger partial charge in [0.05, 0.1) is 12.0 Å². The lowest BCUT2D eigenvalue weighted by Crippen LogP contribution is -2.28. The molecule has 0 aliphatic heterocycles. The van der Waals surface area contributed by atoms with Crippen molar-refractivity contribution in [1.82, 2.24) is 10.3 Å². The molecule has 0 radical (unpaired) electrons. The predicted octanol–water partition coefficient (Wildman–Crippen LogP) is 2.42. The maximum Gasteiger partial charge on any atom is 0.230 e. The van der Waals surface area contributed by atoms with Crippen molar-refractivity contribution in [2.75, 3.05) is 26.1 Å². The summed E-state index contributed by atoms with van der Waals surface area (Å²) in [5.74, 6) is 0.752. The molecule has 5 heteroatoms. The summed E-state index contributed by atoms with van der Waals surface area (Å²) in [4.78, 5) is 7.65. The van der Waals surface area contributed by atoms with Crippen molar-refractivity contribution in [1.29, 1.82) is 0 Å². The zero-order chi connectivity index (χ0) is 13.0. The van der Waals surface area contributed by atoms with Crippen LogP contribution in [0.2, 0.25) is 0 Å². The van der Waals surface area contributed by atoms with Crippen LogP contribution in [-0.4, -0.2) is 32.2 Å². The first kappa shape index (κ1) is 13.4. The summed E-state index contributed by atoms with van der Waals surface area (Å²) < 4.78 is 5.33. The van der Waals surface area contributed by atoms with Crippen molar-refractivity contribution in [2.24, 2.45) is 0 Å². The third kappa shape index (κ3) is 3.23. The van der Waals surface area contributed by atoms with Gasteiger partial charge in [0.2, 0.25) is 5.88 Å². The molecule has 100 valence electrons. The highest BCUT2D eigenvalue weighted by atomic mass is 32.1. The number of nitrogens with zero attached hydrogens (tertiary/aromatic N) is 2. The van der Waals surface area contributed by atoms with Gasteiger partial charge < -0.3 is 15.0 Å². The van der Waals surface area contributed by atoms with Gasteiger partial charge in [-0.25, -0.2) is 0 Å². The van der Waals surface area contributed by atoms with E-state index in [-0.39, 0.29) is 0 Å². The largest absolute Gasteiger partial charge is 0.480 e. The van der Waals surface area contributed by atoms with Crippen molar-refractivity contribution >= 4 is 16.5 Å². The van der Waals surface area contributed by atoms with E-state index in [0.29, 0.717) is 6.04 Å². The van der Waals surface area contributed by atoms with Crippen LogP contribution in [0.15, 0.2) is 12.2 Å². The van der Waals surface area contributed by atoms with E-state index in [2.05, 4.69) is 22.5 Å². The van der Waals surface area contributed by atoms with Crippen molar-refractivity contribution < 1.29 is 4.74 Å². The fraction of sp³-hybridized carbons (Fsp3) is 0.615. The molecule has 1 aliphatic rings. The van der Waals surface area contributed by atoms with Crippen molar-refractivity contribution in [3.05, 3.63) is 17.0 Å². The Balaban J connectivity index is 1.97. The van der Waals surface area contributed by atoms with Crippen LogP contribution in [0.1, 0.15) is 24.1 Å². The molecular weight excluding hydrogens is 246 g/mol. The van der Waals surface area contributed by atoms with Gasteiger partial charge in [-0.2, -0.15) is 4.98 Å². The highest BCUT2D eigenvalue weighted by molar-refractivity contribution is 7.15. The van der Waals surface area contributed by atoms with Crippen LogP contribution in [0.3, 0.4) is 0 Å². The third-order valence-corrected chi connectivity index (χ3v) is 4.25. The molecule has 0 fully saturated rings. The minimum atomic E-state index is 0.588. The number of hydrogen-bond acceptors (Lipinski definition) is 5. The number of allylic oxidation sites excluding steroid dienone is 1. The summed E-state index contributed by atoms with van der Waals surface area (Å²) in [6, 6.07) is 0.588. The zero-order valence-electron chi connectivity index (χ0n) is 11.3. The van der Waals surface area contributed by atoms with Crippen molar-refractivity contribution in [3.63, 3.8) is 0 Å². The first-order valence-electron chi connectivity index (χ1n) is 6.30. The molecule has 1 unspecified atom stereocenters. The molecule has 0 saturated carbocycles. The average molecular weight is 267 g/mol. The van der Waals surface area contributed by atoms with Gasteiger partial charge in [-0.05, 0) is 19.3 Å². The van der Waals surface area contributed by atoms with E-state index in [1.54, 1.807) is 18.4 Å². The molecular formula is C13H21N3OS. The van der Waals surface area contributed by atoms with E-state index in [1.807, 2.05) is 19.0 Å². The lowest BCUT2D eigenvalue weighted by molar-refractivity contribution is 0.391. The highest BCUT2D eigenvalue weighted by Gasteiger charge is 2.15. The molecule has 0 amide bonds. The fourth-order valence-electron chi connectivity index (χ4n) is 2.00. The Morgan fingerprint density at radius 3 is 2.94 bits per heavy atom. The van der Waals surface area contributed by atoms with Gasteiger partial charge in [0, 0.05) is 26.7 Å².